The van der Waals surface area contributed by atoms with Crippen LogP contribution in [-0.4, -0.2) is 20.5 Å². The summed E-state index contributed by atoms with van der Waals surface area (Å²) in [5, 5.41) is 28.8. The van der Waals surface area contributed by atoms with Crippen LogP contribution in [0.5, 0.6) is 5.88 Å². The minimum absolute atomic E-state index is 0.0406. The summed E-state index contributed by atoms with van der Waals surface area (Å²) in [6.07, 6.45) is 0. The van der Waals surface area contributed by atoms with Crippen LogP contribution in [0.4, 0.5) is 17.1 Å². The van der Waals surface area contributed by atoms with Crippen molar-refractivity contribution in [1.29, 1.82) is 0 Å². The average Bonchev–Trinajstić information content (AvgIpc) is 2.54. The Labute approximate surface area is 141 Å². The topological polar surface area (TPSA) is 153 Å². The maximum atomic E-state index is 12.2. The molecule has 0 unspecified atom stereocenters. The van der Waals surface area contributed by atoms with Gasteiger partial charge in [0.2, 0.25) is 5.88 Å². The molecule has 0 saturated carbocycles. The molecule has 1 heterocycles. The fourth-order valence-corrected chi connectivity index (χ4v) is 2.32. The van der Waals surface area contributed by atoms with Crippen LogP contribution in [0, 0.1) is 17.0 Å². The zero-order chi connectivity index (χ0) is 18.7. The highest BCUT2D eigenvalue weighted by Gasteiger charge is 2.22. The number of carbonyl (C=O) groups excluding carboxylic acids is 1. The van der Waals surface area contributed by atoms with Gasteiger partial charge >= 0.3 is 0 Å². The van der Waals surface area contributed by atoms with Gasteiger partial charge in [0.05, 0.1) is 4.92 Å². The second-order valence-corrected chi connectivity index (χ2v) is 5.03. The van der Waals surface area contributed by atoms with Crippen LogP contribution in [0.3, 0.4) is 0 Å². The first kappa shape index (κ1) is 17.8. The molecule has 0 spiro atoms. The molecule has 0 bridgehead atoms. The quantitative estimate of drug-likeness (QED) is 0.483. The standard InChI is InChI=1S/C15H15N5O5/c1-3-19-14(22)11(13(16)21)8(2)12(15(19)23)18-17-9-6-4-5-7-10(9)20(24)25/h4-7,23H,3H2,1-2H3,(H2,16,21)/b18-17+. The third-order valence-corrected chi connectivity index (χ3v) is 3.56. The molecule has 2 aromatic rings. The number of amides is 1. The van der Waals surface area contributed by atoms with Gasteiger partial charge in [-0.3, -0.25) is 24.3 Å². The molecule has 0 saturated heterocycles. The monoisotopic (exact) mass is 345 g/mol. The number of benzene rings is 1. The molecule has 130 valence electrons. The number of aromatic hydroxyl groups is 1. The van der Waals surface area contributed by atoms with Gasteiger partial charge in [-0.1, -0.05) is 12.1 Å². The number of nitro groups is 1. The van der Waals surface area contributed by atoms with Crippen molar-refractivity contribution in [2.24, 2.45) is 16.0 Å². The summed E-state index contributed by atoms with van der Waals surface area (Å²) >= 11 is 0. The van der Waals surface area contributed by atoms with E-state index in [1.54, 1.807) is 6.92 Å². The van der Waals surface area contributed by atoms with E-state index < -0.39 is 22.3 Å². The van der Waals surface area contributed by atoms with E-state index in [1.165, 1.54) is 31.2 Å². The molecule has 0 aliphatic carbocycles. The van der Waals surface area contributed by atoms with Crippen LogP contribution in [-0.2, 0) is 6.54 Å². The van der Waals surface area contributed by atoms with Crippen molar-refractivity contribution < 1.29 is 14.8 Å². The molecular formula is C15H15N5O5. The fraction of sp³-hybridized carbons (Fsp3) is 0.200. The van der Waals surface area contributed by atoms with E-state index >= 15 is 0 Å². The zero-order valence-corrected chi connectivity index (χ0v) is 13.5. The molecule has 0 aliphatic heterocycles. The summed E-state index contributed by atoms with van der Waals surface area (Å²) in [4.78, 5) is 34.1. The molecule has 0 atom stereocenters. The van der Waals surface area contributed by atoms with Crippen LogP contribution in [0.15, 0.2) is 39.3 Å². The van der Waals surface area contributed by atoms with Crippen molar-refractivity contribution in [3.8, 4) is 5.88 Å². The minimum Gasteiger partial charge on any atom is -0.493 e. The van der Waals surface area contributed by atoms with Gasteiger partial charge in [-0.25, -0.2) is 0 Å². The first-order valence-corrected chi connectivity index (χ1v) is 7.20. The van der Waals surface area contributed by atoms with E-state index in [0.717, 1.165) is 4.57 Å². The molecule has 0 aliphatic rings. The fourth-order valence-electron chi connectivity index (χ4n) is 2.32. The average molecular weight is 345 g/mol. The minimum atomic E-state index is -0.966. The number of aromatic nitrogens is 1. The summed E-state index contributed by atoms with van der Waals surface area (Å²) in [5.41, 5.74) is 3.74. The summed E-state index contributed by atoms with van der Waals surface area (Å²) in [6, 6.07) is 5.64. The molecule has 1 aromatic carbocycles. The molecule has 0 radical (unpaired) electrons. The van der Waals surface area contributed by atoms with E-state index in [0.29, 0.717) is 0 Å². The van der Waals surface area contributed by atoms with Gasteiger partial charge in [0.25, 0.3) is 17.2 Å². The number of nitrogens with two attached hydrogens (primary N) is 1. The van der Waals surface area contributed by atoms with Gasteiger partial charge in [-0.15, -0.1) is 10.2 Å². The lowest BCUT2D eigenvalue weighted by atomic mass is 10.1. The molecule has 10 heteroatoms. The maximum Gasteiger partial charge on any atom is 0.296 e. The van der Waals surface area contributed by atoms with E-state index in [9.17, 15) is 24.8 Å². The molecule has 0 fully saturated rings. The summed E-state index contributed by atoms with van der Waals surface area (Å²) in [5.74, 6) is -1.47. The highest BCUT2D eigenvalue weighted by molar-refractivity contribution is 5.95. The Morgan fingerprint density at radius 2 is 2.00 bits per heavy atom. The molecule has 1 aromatic heterocycles. The molecular weight excluding hydrogens is 330 g/mol. The number of primary amides is 1. The summed E-state index contributed by atoms with van der Waals surface area (Å²) in [7, 11) is 0. The van der Waals surface area contributed by atoms with Gasteiger partial charge in [0.1, 0.15) is 11.3 Å². The van der Waals surface area contributed by atoms with Crippen molar-refractivity contribution in [3.63, 3.8) is 0 Å². The SMILES string of the molecule is CCn1c(O)c(/N=N/c2ccccc2[N+](=O)[O-])c(C)c(C(N)=O)c1=O. The van der Waals surface area contributed by atoms with Crippen LogP contribution >= 0.6 is 0 Å². The molecule has 10 nitrogen and oxygen atoms in total. The van der Waals surface area contributed by atoms with Crippen LogP contribution in [0.1, 0.15) is 22.8 Å². The third-order valence-electron chi connectivity index (χ3n) is 3.56. The van der Waals surface area contributed by atoms with Gasteiger partial charge < -0.3 is 10.8 Å². The molecule has 25 heavy (non-hydrogen) atoms. The molecule has 2 rings (SSSR count). The number of hydrogen-bond donors (Lipinski definition) is 2. The molecule has 3 N–H and O–H groups in total. The number of azo groups is 1. The van der Waals surface area contributed by atoms with E-state index in [-0.39, 0.29) is 34.7 Å². The van der Waals surface area contributed by atoms with Crippen molar-refractivity contribution in [1.82, 2.24) is 4.57 Å². The Morgan fingerprint density at radius 3 is 2.56 bits per heavy atom. The van der Waals surface area contributed by atoms with Crippen LogP contribution in [0.25, 0.3) is 0 Å². The number of nitrogens with zero attached hydrogens (tertiary/aromatic N) is 4. The third kappa shape index (κ3) is 3.22. The summed E-state index contributed by atoms with van der Waals surface area (Å²) < 4.78 is 0.918. The largest absolute Gasteiger partial charge is 0.493 e. The number of para-hydroxylation sites is 1. The predicted molar refractivity (Wildman–Crippen MR) is 88.6 cm³/mol. The lowest BCUT2D eigenvalue weighted by molar-refractivity contribution is -0.384. The highest BCUT2D eigenvalue weighted by atomic mass is 16.6. The van der Waals surface area contributed by atoms with Gasteiger partial charge in [-0.05, 0) is 19.9 Å². The number of hydrogen-bond acceptors (Lipinski definition) is 7. The smallest absolute Gasteiger partial charge is 0.296 e. The Morgan fingerprint density at radius 1 is 1.36 bits per heavy atom. The maximum absolute atomic E-state index is 12.2. The van der Waals surface area contributed by atoms with Gasteiger partial charge in [-0.2, -0.15) is 0 Å². The van der Waals surface area contributed by atoms with Crippen LogP contribution in [0.2, 0.25) is 0 Å². The first-order valence-electron chi connectivity index (χ1n) is 7.20. The van der Waals surface area contributed by atoms with E-state index in [4.69, 9.17) is 5.73 Å². The van der Waals surface area contributed by atoms with Crippen molar-refractivity contribution in [3.05, 3.63) is 55.9 Å². The Hall–Kier alpha value is -3.56. The lowest BCUT2D eigenvalue weighted by Gasteiger charge is -2.12. The zero-order valence-electron chi connectivity index (χ0n) is 13.5. The number of pyridine rings is 1. The second-order valence-electron chi connectivity index (χ2n) is 5.03. The van der Waals surface area contributed by atoms with E-state index in [2.05, 4.69) is 10.2 Å². The number of carbonyl (C=O) groups is 1. The Balaban J connectivity index is 2.69. The second kappa shape index (κ2) is 6.91. The normalized spacial score (nSPS) is 11.0. The van der Waals surface area contributed by atoms with Crippen molar-refractivity contribution in [2.75, 3.05) is 0 Å². The van der Waals surface area contributed by atoms with Gasteiger partial charge in [0.15, 0.2) is 5.69 Å². The predicted octanol–water partition coefficient (Wildman–Crippen LogP) is 2.30. The van der Waals surface area contributed by atoms with Crippen molar-refractivity contribution in [2.45, 2.75) is 20.4 Å². The van der Waals surface area contributed by atoms with E-state index in [1.807, 2.05) is 0 Å². The summed E-state index contributed by atoms with van der Waals surface area (Å²) in [6.45, 7) is 3.04. The Bertz CT molecular complexity index is 948. The number of rotatable bonds is 5. The molecule has 1 amide bonds. The Kier molecular flexibility index (Phi) is 4.92. The number of nitro benzene ring substituents is 1. The van der Waals surface area contributed by atoms with Crippen molar-refractivity contribution >= 4 is 23.0 Å². The highest BCUT2D eigenvalue weighted by Crippen LogP contribution is 2.34. The van der Waals surface area contributed by atoms with Gasteiger partial charge in [0, 0.05) is 18.2 Å². The first-order chi connectivity index (χ1) is 11.8. The lowest BCUT2D eigenvalue weighted by Crippen LogP contribution is -2.30. The van der Waals surface area contributed by atoms with Crippen LogP contribution < -0.4 is 11.3 Å².